The zero-order valence-electron chi connectivity index (χ0n) is 13.6. The van der Waals surface area contributed by atoms with Crippen LogP contribution in [0.15, 0.2) is 40.8 Å². The molecule has 7 heteroatoms. The summed E-state index contributed by atoms with van der Waals surface area (Å²) in [6.45, 7) is 1.56. The minimum Gasteiger partial charge on any atom is -0.486 e. The minimum atomic E-state index is -0.0980. The molecule has 0 spiro atoms. The summed E-state index contributed by atoms with van der Waals surface area (Å²) in [5.74, 6) is 1.36. The van der Waals surface area contributed by atoms with Gasteiger partial charge in [-0.1, -0.05) is 6.07 Å². The van der Waals surface area contributed by atoms with Crippen molar-refractivity contribution in [1.82, 2.24) is 9.88 Å². The number of fused-ring (bicyclic) bond motifs is 2. The molecule has 1 aromatic heterocycles. The van der Waals surface area contributed by atoms with E-state index in [1.165, 1.54) is 0 Å². The lowest BCUT2D eigenvalue weighted by Crippen LogP contribution is -2.26. The van der Waals surface area contributed by atoms with Crippen LogP contribution in [0.25, 0.3) is 11.1 Å². The maximum atomic E-state index is 12.7. The second-order valence-electron chi connectivity index (χ2n) is 5.86. The average molecular weight is 356 g/mol. The zero-order valence-corrected chi connectivity index (χ0v) is 14.4. The lowest BCUT2D eigenvalue weighted by molar-refractivity contribution is 0.0785. The van der Waals surface area contributed by atoms with Crippen molar-refractivity contribution in [2.75, 3.05) is 20.3 Å². The molecular weight excluding hydrogens is 340 g/mol. The number of hydrogen-bond acceptors (Lipinski definition) is 5. The Hall–Kier alpha value is -2.80. The number of hydrogen-bond donors (Lipinski definition) is 1. The molecule has 1 aliphatic heterocycles. The molecule has 3 aromatic rings. The molecule has 2 aromatic carbocycles. The third-order valence-electron chi connectivity index (χ3n) is 4.04. The molecule has 0 fully saturated rings. The summed E-state index contributed by atoms with van der Waals surface area (Å²) >= 11 is 4.97. The van der Waals surface area contributed by atoms with E-state index >= 15 is 0 Å². The largest absolute Gasteiger partial charge is 0.486 e. The Morgan fingerprint density at radius 3 is 2.80 bits per heavy atom. The van der Waals surface area contributed by atoms with Crippen molar-refractivity contribution in [2.45, 2.75) is 6.54 Å². The third-order valence-corrected chi connectivity index (χ3v) is 4.23. The first-order valence-corrected chi connectivity index (χ1v) is 8.28. The summed E-state index contributed by atoms with van der Waals surface area (Å²) in [5, 5.41) is 0. The number of ether oxygens (including phenoxy) is 2. The van der Waals surface area contributed by atoms with Crippen LogP contribution in [0.3, 0.4) is 0 Å². The molecule has 0 radical (unpaired) electrons. The Labute approximate surface area is 149 Å². The van der Waals surface area contributed by atoms with Gasteiger partial charge in [0, 0.05) is 19.2 Å². The van der Waals surface area contributed by atoms with Crippen molar-refractivity contribution in [1.29, 1.82) is 0 Å². The number of carbonyl (C=O) groups excluding carboxylic acids is 1. The molecule has 0 unspecified atom stereocenters. The SMILES string of the molecule is CN(Cc1ccc2c(c1)OCCO2)C(=O)c1ccc2[nH]c(=S)oc2c1. The van der Waals surface area contributed by atoms with Gasteiger partial charge in [0.1, 0.15) is 13.2 Å². The van der Waals surface area contributed by atoms with Gasteiger partial charge in [0.15, 0.2) is 17.1 Å². The molecule has 0 atom stereocenters. The van der Waals surface area contributed by atoms with Gasteiger partial charge in [-0.3, -0.25) is 4.79 Å². The Kier molecular flexibility index (Phi) is 3.93. The fourth-order valence-corrected chi connectivity index (χ4v) is 3.03. The van der Waals surface area contributed by atoms with Gasteiger partial charge in [-0.05, 0) is 48.1 Å². The second kappa shape index (κ2) is 6.25. The van der Waals surface area contributed by atoms with Gasteiger partial charge in [-0.15, -0.1) is 0 Å². The van der Waals surface area contributed by atoms with Crippen LogP contribution in [0.1, 0.15) is 15.9 Å². The first kappa shape index (κ1) is 15.7. The van der Waals surface area contributed by atoms with E-state index in [1.54, 1.807) is 30.1 Å². The summed E-state index contributed by atoms with van der Waals surface area (Å²) < 4.78 is 16.5. The van der Waals surface area contributed by atoms with Crippen molar-refractivity contribution in [2.24, 2.45) is 0 Å². The van der Waals surface area contributed by atoms with E-state index in [9.17, 15) is 4.79 Å². The number of aromatic nitrogens is 1. The van der Waals surface area contributed by atoms with Crippen molar-refractivity contribution in [3.05, 3.63) is 52.4 Å². The van der Waals surface area contributed by atoms with E-state index in [0.717, 1.165) is 22.6 Å². The van der Waals surface area contributed by atoms with E-state index in [2.05, 4.69) is 4.98 Å². The second-order valence-corrected chi connectivity index (χ2v) is 6.24. The summed E-state index contributed by atoms with van der Waals surface area (Å²) in [6.07, 6.45) is 0. The predicted octanol–water partition coefficient (Wildman–Crippen LogP) is 3.53. The van der Waals surface area contributed by atoms with Crippen molar-refractivity contribution < 1.29 is 18.7 Å². The van der Waals surface area contributed by atoms with Gasteiger partial charge >= 0.3 is 0 Å². The van der Waals surface area contributed by atoms with E-state index in [1.807, 2.05) is 18.2 Å². The zero-order chi connectivity index (χ0) is 17.4. The molecule has 4 rings (SSSR count). The van der Waals surface area contributed by atoms with Crippen LogP contribution in [-0.4, -0.2) is 36.1 Å². The molecule has 0 aliphatic carbocycles. The lowest BCUT2D eigenvalue weighted by Gasteiger charge is -2.21. The Bertz CT molecular complexity index is 1010. The van der Waals surface area contributed by atoms with Gasteiger partial charge in [-0.25, -0.2) is 0 Å². The molecule has 1 N–H and O–H groups in total. The molecule has 6 nitrogen and oxygen atoms in total. The standard InChI is InChI=1S/C18H16N2O4S/c1-20(10-11-2-5-14-16(8-11)23-7-6-22-14)17(21)12-3-4-13-15(9-12)24-18(25)19-13/h2-5,8-9H,6-7,10H2,1H3,(H,19,25). The summed E-state index contributed by atoms with van der Waals surface area (Å²) in [5.41, 5.74) is 2.87. The topological polar surface area (TPSA) is 67.7 Å². The minimum absolute atomic E-state index is 0.0980. The van der Waals surface area contributed by atoms with Crippen LogP contribution in [0.2, 0.25) is 0 Å². The highest BCUT2D eigenvalue weighted by Gasteiger charge is 2.16. The number of carbonyl (C=O) groups is 1. The first-order chi connectivity index (χ1) is 12.1. The Morgan fingerprint density at radius 1 is 1.16 bits per heavy atom. The highest BCUT2D eigenvalue weighted by Crippen LogP contribution is 2.31. The highest BCUT2D eigenvalue weighted by molar-refractivity contribution is 7.71. The maximum absolute atomic E-state index is 12.7. The van der Waals surface area contributed by atoms with E-state index in [0.29, 0.717) is 35.7 Å². The van der Waals surface area contributed by atoms with Crippen molar-refractivity contribution in [3.8, 4) is 11.5 Å². The molecule has 0 bridgehead atoms. The molecule has 128 valence electrons. The number of benzene rings is 2. The number of nitrogens with one attached hydrogen (secondary N) is 1. The number of nitrogens with zero attached hydrogens (tertiary/aromatic N) is 1. The van der Waals surface area contributed by atoms with E-state index < -0.39 is 0 Å². The van der Waals surface area contributed by atoms with Crippen molar-refractivity contribution in [3.63, 3.8) is 0 Å². The van der Waals surface area contributed by atoms with Gasteiger partial charge in [0.05, 0.1) is 5.52 Å². The summed E-state index contributed by atoms with van der Waals surface area (Å²) in [6, 6.07) is 11.0. The fraction of sp³-hybridized carbons (Fsp3) is 0.222. The maximum Gasteiger partial charge on any atom is 0.266 e. The Balaban J connectivity index is 1.54. The summed E-state index contributed by atoms with van der Waals surface area (Å²) in [4.78, 5) is 17.5. The first-order valence-electron chi connectivity index (χ1n) is 7.87. The monoisotopic (exact) mass is 356 g/mol. The van der Waals surface area contributed by atoms with E-state index in [-0.39, 0.29) is 5.91 Å². The van der Waals surface area contributed by atoms with Crippen molar-refractivity contribution >= 4 is 29.2 Å². The van der Waals surface area contributed by atoms with Gasteiger partial charge in [-0.2, -0.15) is 0 Å². The number of aromatic amines is 1. The summed E-state index contributed by atoms with van der Waals surface area (Å²) in [7, 11) is 1.76. The number of H-pyrrole nitrogens is 1. The van der Waals surface area contributed by atoms with Crippen LogP contribution in [0, 0.1) is 4.84 Å². The molecular formula is C18H16N2O4S. The quantitative estimate of drug-likeness (QED) is 0.727. The van der Waals surface area contributed by atoms with E-state index in [4.69, 9.17) is 26.1 Å². The number of amides is 1. The molecule has 1 amide bonds. The van der Waals surface area contributed by atoms with Gasteiger partial charge in [0.25, 0.3) is 10.7 Å². The van der Waals surface area contributed by atoms with Gasteiger partial charge in [0.2, 0.25) is 0 Å². The molecule has 1 aliphatic rings. The molecule has 0 saturated carbocycles. The van der Waals surface area contributed by atoms with Crippen LogP contribution >= 0.6 is 12.2 Å². The van der Waals surface area contributed by atoms with Gasteiger partial charge < -0.3 is 23.8 Å². The Morgan fingerprint density at radius 2 is 1.96 bits per heavy atom. The molecule has 2 heterocycles. The van der Waals surface area contributed by atoms with Crippen LogP contribution in [0.4, 0.5) is 0 Å². The number of oxazole rings is 1. The molecule has 25 heavy (non-hydrogen) atoms. The molecule has 0 saturated heterocycles. The predicted molar refractivity (Wildman–Crippen MR) is 94.6 cm³/mol. The lowest BCUT2D eigenvalue weighted by atomic mass is 10.1. The fourth-order valence-electron chi connectivity index (χ4n) is 2.83. The van der Waals surface area contributed by atoms with Crippen LogP contribution < -0.4 is 9.47 Å². The van der Waals surface area contributed by atoms with Crippen LogP contribution in [0.5, 0.6) is 11.5 Å². The third kappa shape index (κ3) is 3.10. The highest BCUT2D eigenvalue weighted by atomic mass is 32.1. The number of rotatable bonds is 3. The smallest absolute Gasteiger partial charge is 0.266 e. The average Bonchev–Trinajstić information content (AvgIpc) is 3.00. The normalized spacial score (nSPS) is 13.0. The van der Waals surface area contributed by atoms with Crippen LogP contribution in [-0.2, 0) is 6.54 Å².